The highest BCUT2D eigenvalue weighted by atomic mass is 19.4. The van der Waals surface area contributed by atoms with Crippen molar-refractivity contribution in [1.82, 2.24) is 24.7 Å². The summed E-state index contributed by atoms with van der Waals surface area (Å²) < 4.78 is 41.6. The minimum Gasteiger partial charge on any atom is -0.391 e. The first-order valence-corrected chi connectivity index (χ1v) is 8.63. The number of rotatable bonds is 4. The lowest BCUT2D eigenvalue weighted by atomic mass is 9.83. The van der Waals surface area contributed by atoms with E-state index in [9.17, 15) is 18.3 Å². The number of aryl methyl sites for hydroxylation is 1. The van der Waals surface area contributed by atoms with Crippen LogP contribution in [0.5, 0.6) is 0 Å². The molecular weight excluding hydrogens is 373 g/mol. The van der Waals surface area contributed by atoms with Crippen molar-refractivity contribution < 1.29 is 18.3 Å². The maximum atomic E-state index is 13.3. The molecule has 2 N–H and O–H groups in total. The van der Waals surface area contributed by atoms with Gasteiger partial charge in [0.1, 0.15) is 5.82 Å². The Labute approximate surface area is 158 Å². The van der Waals surface area contributed by atoms with Crippen LogP contribution in [0, 0.1) is 6.92 Å². The second kappa shape index (κ2) is 6.86. The average Bonchev–Trinajstić information content (AvgIpc) is 3.06. The molecule has 1 aliphatic rings. The number of aromatic nitrogens is 5. The largest absolute Gasteiger partial charge is 0.433 e. The molecule has 0 bridgehead atoms. The molecule has 146 valence electrons. The van der Waals surface area contributed by atoms with Crippen LogP contribution in [0.25, 0.3) is 11.4 Å². The molecule has 3 aromatic heterocycles. The molecule has 1 saturated carbocycles. The van der Waals surface area contributed by atoms with Crippen LogP contribution in [0.2, 0.25) is 0 Å². The molecule has 1 fully saturated rings. The van der Waals surface area contributed by atoms with Crippen molar-refractivity contribution in [1.29, 1.82) is 0 Å². The predicted octanol–water partition coefficient (Wildman–Crippen LogP) is 2.85. The number of nitrogens with zero attached hydrogens (tertiary/aromatic N) is 5. The van der Waals surface area contributed by atoms with E-state index in [0.717, 1.165) is 11.6 Å². The summed E-state index contributed by atoms with van der Waals surface area (Å²) in [6.07, 6.45) is 1.48. The minimum absolute atomic E-state index is 0.0342. The Bertz CT molecular complexity index is 975. The summed E-state index contributed by atoms with van der Waals surface area (Å²) in [6, 6.07) is 3.36. The van der Waals surface area contributed by atoms with Gasteiger partial charge in [0.05, 0.1) is 24.4 Å². The molecule has 3 atom stereocenters. The van der Waals surface area contributed by atoms with Crippen molar-refractivity contribution in [2.24, 2.45) is 0 Å². The SMILES string of the molecule is Cc1cnn([C@@H]2[C@@H](O)C[C@H]2Nc2cc(C(F)(F)F)nc(-c3cccnc3)n2)c1. The third kappa shape index (κ3) is 3.55. The van der Waals surface area contributed by atoms with Gasteiger partial charge in [-0.2, -0.15) is 18.3 Å². The van der Waals surface area contributed by atoms with Gasteiger partial charge in [0.25, 0.3) is 0 Å². The third-order valence-electron chi connectivity index (χ3n) is 4.61. The highest BCUT2D eigenvalue weighted by Crippen LogP contribution is 2.36. The van der Waals surface area contributed by atoms with Crippen molar-refractivity contribution in [2.75, 3.05) is 5.32 Å². The van der Waals surface area contributed by atoms with E-state index < -0.39 is 18.0 Å². The Morgan fingerprint density at radius 1 is 1.25 bits per heavy atom. The number of alkyl halides is 3. The first-order valence-electron chi connectivity index (χ1n) is 8.63. The smallest absolute Gasteiger partial charge is 0.391 e. The van der Waals surface area contributed by atoms with Gasteiger partial charge in [-0.3, -0.25) is 9.67 Å². The molecule has 3 aromatic rings. The van der Waals surface area contributed by atoms with Crippen LogP contribution in [-0.4, -0.2) is 42.0 Å². The molecule has 7 nitrogen and oxygen atoms in total. The van der Waals surface area contributed by atoms with Crippen LogP contribution in [0.1, 0.15) is 23.7 Å². The average molecular weight is 390 g/mol. The zero-order valence-corrected chi connectivity index (χ0v) is 14.8. The first-order chi connectivity index (χ1) is 13.3. The minimum atomic E-state index is -4.62. The Morgan fingerprint density at radius 2 is 2.07 bits per heavy atom. The van der Waals surface area contributed by atoms with E-state index in [4.69, 9.17) is 0 Å². The molecule has 0 radical (unpaired) electrons. The normalized spacial score (nSPS) is 22.0. The second-order valence-corrected chi connectivity index (χ2v) is 6.74. The van der Waals surface area contributed by atoms with Crippen LogP contribution in [0.3, 0.4) is 0 Å². The third-order valence-corrected chi connectivity index (χ3v) is 4.61. The van der Waals surface area contributed by atoms with E-state index in [-0.39, 0.29) is 23.7 Å². The van der Waals surface area contributed by atoms with E-state index in [1.165, 1.54) is 12.4 Å². The zero-order valence-electron chi connectivity index (χ0n) is 14.8. The lowest BCUT2D eigenvalue weighted by molar-refractivity contribution is -0.141. The number of aliphatic hydroxyl groups is 1. The van der Waals surface area contributed by atoms with Gasteiger partial charge in [-0.05, 0) is 31.0 Å². The van der Waals surface area contributed by atoms with Gasteiger partial charge in [0, 0.05) is 30.2 Å². The molecule has 3 heterocycles. The molecule has 0 unspecified atom stereocenters. The number of anilines is 1. The summed E-state index contributed by atoms with van der Waals surface area (Å²) in [5.74, 6) is -0.0382. The number of nitrogens with one attached hydrogen (secondary N) is 1. The summed E-state index contributed by atoms with van der Waals surface area (Å²) in [5.41, 5.74) is 0.262. The standard InChI is InChI=1S/C18H17F3N6O/c1-10-7-23-27(9-10)16-12(5-13(16)28)24-15-6-14(18(19,20)21)25-17(26-15)11-3-2-4-22-8-11/h2-4,6-9,12-13,16,28H,5H2,1H3,(H,24,25,26)/t12-,13+,16+/m1/s1. The van der Waals surface area contributed by atoms with Gasteiger partial charge in [0.15, 0.2) is 11.5 Å². The van der Waals surface area contributed by atoms with Crippen molar-refractivity contribution in [3.05, 3.63) is 54.2 Å². The monoisotopic (exact) mass is 390 g/mol. The number of hydrogen-bond donors (Lipinski definition) is 2. The lowest BCUT2D eigenvalue weighted by Gasteiger charge is -2.42. The van der Waals surface area contributed by atoms with Crippen LogP contribution < -0.4 is 5.32 Å². The molecule has 0 amide bonds. The van der Waals surface area contributed by atoms with Gasteiger partial charge in [-0.1, -0.05) is 0 Å². The highest BCUT2D eigenvalue weighted by Gasteiger charge is 2.42. The first kappa shape index (κ1) is 18.4. The van der Waals surface area contributed by atoms with Crippen LogP contribution in [0.15, 0.2) is 43.0 Å². The van der Waals surface area contributed by atoms with Gasteiger partial charge in [-0.15, -0.1) is 0 Å². The molecule has 0 aliphatic heterocycles. The van der Waals surface area contributed by atoms with Gasteiger partial charge in [-0.25, -0.2) is 9.97 Å². The zero-order chi connectivity index (χ0) is 19.9. The Hall–Kier alpha value is -3.01. The molecule has 1 aliphatic carbocycles. The van der Waals surface area contributed by atoms with Crippen LogP contribution in [0.4, 0.5) is 19.0 Å². The Balaban J connectivity index is 1.65. The van der Waals surface area contributed by atoms with Crippen LogP contribution in [-0.2, 0) is 6.18 Å². The summed E-state index contributed by atoms with van der Waals surface area (Å²) >= 11 is 0. The molecule has 0 spiro atoms. The number of aliphatic hydroxyl groups excluding tert-OH is 1. The van der Waals surface area contributed by atoms with Gasteiger partial charge >= 0.3 is 6.18 Å². The second-order valence-electron chi connectivity index (χ2n) is 6.74. The van der Waals surface area contributed by atoms with E-state index in [2.05, 4.69) is 25.4 Å². The highest BCUT2D eigenvalue weighted by molar-refractivity contribution is 5.56. The number of halogens is 3. The van der Waals surface area contributed by atoms with Crippen molar-refractivity contribution in [3.8, 4) is 11.4 Å². The van der Waals surface area contributed by atoms with Gasteiger partial charge in [0.2, 0.25) is 0 Å². The maximum absolute atomic E-state index is 13.3. The number of pyridine rings is 1. The molecular formula is C18H17F3N6O. The summed E-state index contributed by atoms with van der Waals surface area (Å²) in [7, 11) is 0. The fourth-order valence-electron chi connectivity index (χ4n) is 3.19. The molecule has 4 rings (SSSR count). The van der Waals surface area contributed by atoms with Gasteiger partial charge < -0.3 is 10.4 Å². The molecule has 10 heteroatoms. The molecule has 0 aromatic carbocycles. The van der Waals surface area contributed by atoms with Crippen molar-refractivity contribution >= 4 is 5.82 Å². The molecule has 28 heavy (non-hydrogen) atoms. The fraction of sp³-hybridized carbons (Fsp3) is 0.333. The van der Waals surface area contributed by atoms with Crippen LogP contribution >= 0.6 is 0 Å². The quantitative estimate of drug-likeness (QED) is 0.712. The van der Waals surface area contributed by atoms with Crippen molar-refractivity contribution in [3.63, 3.8) is 0 Å². The summed E-state index contributed by atoms with van der Waals surface area (Å²) in [6.45, 7) is 1.87. The Morgan fingerprint density at radius 3 is 2.68 bits per heavy atom. The van der Waals surface area contributed by atoms with E-state index in [0.29, 0.717) is 12.0 Å². The topological polar surface area (TPSA) is 88.8 Å². The molecule has 0 saturated heterocycles. The Kier molecular flexibility index (Phi) is 4.50. The fourth-order valence-corrected chi connectivity index (χ4v) is 3.19. The van der Waals surface area contributed by atoms with E-state index in [1.807, 2.05) is 6.92 Å². The van der Waals surface area contributed by atoms with Crippen molar-refractivity contribution in [2.45, 2.75) is 37.7 Å². The summed E-state index contributed by atoms with van der Waals surface area (Å²) in [4.78, 5) is 11.8. The van der Waals surface area contributed by atoms with E-state index in [1.54, 1.807) is 29.2 Å². The summed E-state index contributed by atoms with van der Waals surface area (Å²) in [5, 5.41) is 17.3. The maximum Gasteiger partial charge on any atom is 0.433 e. The number of hydrogen-bond acceptors (Lipinski definition) is 6. The lowest BCUT2D eigenvalue weighted by Crippen LogP contribution is -2.51. The van der Waals surface area contributed by atoms with E-state index >= 15 is 0 Å². The predicted molar refractivity (Wildman–Crippen MR) is 94.3 cm³/mol.